The number of aromatic amines is 1. The molecule has 0 spiro atoms. The molecule has 1 unspecified atom stereocenters. The summed E-state index contributed by atoms with van der Waals surface area (Å²) in [4.78, 5) is 14.4. The van der Waals surface area contributed by atoms with Crippen LogP contribution in [0.15, 0.2) is 48.7 Å². The van der Waals surface area contributed by atoms with Crippen molar-refractivity contribution >= 4 is 34.5 Å². The van der Waals surface area contributed by atoms with Crippen LogP contribution in [0.25, 0.3) is 17.0 Å². The van der Waals surface area contributed by atoms with E-state index < -0.39 is 5.91 Å². The molecule has 1 atom stereocenters. The topological polar surface area (TPSA) is 77.2 Å². The minimum absolute atomic E-state index is 0.376. The highest BCUT2D eigenvalue weighted by Crippen LogP contribution is 2.32. The SMILES string of the molecule is O=C(C=Cc1ccc2c(c1)CCC2NCCCc1c[nH]c2c(Cl)cccc12)NO. The van der Waals surface area contributed by atoms with Crippen molar-refractivity contribution in [1.29, 1.82) is 0 Å². The summed E-state index contributed by atoms with van der Waals surface area (Å²) >= 11 is 6.24. The molecule has 1 aromatic heterocycles. The maximum Gasteiger partial charge on any atom is 0.267 e. The lowest BCUT2D eigenvalue weighted by Gasteiger charge is -2.14. The molecule has 1 amide bonds. The van der Waals surface area contributed by atoms with Crippen molar-refractivity contribution < 1.29 is 10.0 Å². The summed E-state index contributed by atoms with van der Waals surface area (Å²) in [6.07, 6.45) is 9.27. The highest BCUT2D eigenvalue weighted by molar-refractivity contribution is 6.35. The first kappa shape index (κ1) is 19.7. The molecule has 0 saturated carbocycles. The van der Waals surface area contributed by atoms with Gasteiger partial charge in [-0.2, -0.15) is 0 Å². The van der Waals surface area contributed by atoms with E-state index in [9.17, 15) is 4.79 Å². The third-order valence-electron chi connectivity index (χ3n) is 5.55. The van der Waals surface area contributed by atoms with Gasteiger partial charge in [-0.15, -0.1) is 0 Å². The second-order valence-corrected chi connectivity index (χ2v) is 7.80. The monoisotopic (exact) mass is 409 g/mol. The van der Waals surface area contributed by atoms with Crippen molar-refractivity contribution in [2.45, 2.75) is 31.7 Å². The zero-order chi connectivity index (χ0) is 20.2. The van der Waals surface area contributed by atoms with Gasteiger partial charge in [-0.05, 0) is 66.6 Å². The Hall–Kier alpha value is -2.60. The van der Waals surface area contributed by atoms with E-state index in [0.717, 1.165) is 48.3 Å². The molecule has 1 aliphatic carbocycles. The summed E-state index contributed by atoms with van der Waals surface area (Å²) in [5.41, 5.74) is 7.55. The number of hydroxylamine groups is 1. The molecular formula is C23H24ClN3O2. The fourth-order valence-corrected chi connectivity index (χ4v) is 4.33. The number of para-hydroxylation sites is 1. The Balaban J connectivity index is 1.32. The van der Waals surface area contributed by atoms with E-state index >= 15 is 0 Å². The molecule has 3 aromatic rings. The molecule has 1 heterocycles. The zero-order valence-electron chi connectivity index (χ0n) is 16.0. The summed E-state index contributed by atoms with van der Waals surface area (Å²) in [5.74, 6) is -0.525. The largest absolute Gasteiger partial charge is 0.360 e. The molecule has 2 aromatic carbocycles. The summed E-state index contributed by atoms with van der Waals surface area (Å²) in [6, 6.07) is 12.7. The highest BCUT2D eigenvalue weighted by atomic mass is 35.5. The summed E-state index contributed by atoms with van der Waals surface area (Å²) in [5, 5.41) is 14.2. The fourth-order valence-electron chi connectivity index (χ4n) is 4.10. The van der Waals surface area contributed by atoms with E-state index in [2.05, 4.69) is 34.7 Å². The Morgan fingerprint density at radius 1 is 1.31 bits per heavy atom. The van der Waals surface area contributed by atoms with Gasteiger partial charge in [0.05, 0.1) is 10.5 Å². The number of aromatic nitrogens is 1. The first-order valence-corrected chi connectivity index (χ1v) is 10.3. The first-order chi connectivity index (χ1) is 14.2. The molecule has 0 aliphatic heterocycles. The van der Waals surface area contributed by atoms with Crippen molar-refractivity contribution in [1.82, 2.24) is 15.8 Å². The Bertz CT molecular complexity index is 1060. The van der Waals surface area contributed by atoms with Gasteiger partial charge in [0.15, 0.2) is 0 Å². The number of carbonyl (C=O) groups excluding carboxylic acids is 1. The molecule has 0 bridgehead atoms. The normalized spacial score (nSPS) is 15.9. The van der Waals surface area contributed by atoms with Gasteiger partial charge >= 0.3 is 0 Å². The van der Waals surface area contributed by atoms with Gasteiger partial charge in [0, 0.05) is 23.7 Å². The van der Waals surface area contributed by atoms with Crippen LogP contribution in [0.1, 0.15) is 41.1 Å². The maximum atomic E-state index is 11.1. The van der Waals surface area contributed by atoms with Gasteiger partial charge in [-0.25, -0.2) is 5.48 Å². The summed E-state index contributed by atoms with van der Waals surface area (Å²) < 4.78 is 0. The summed E-state index contributed by atoms with van der Waals surface area (Å²) in [6.45, 7) is 0.954. The Morgan fingerprint density at radius 2 is 2.21 bits per heavy atom. The number of halogens is 1. The lowest BCUT2D eigenvalue weighted by atomic mass is 10.0. The number of benzene rings is 2. The molecule has 0 fully saturated rings. The van der Waals surface area contributed by atoms with Crippen LogP contribution in [0.3, 0.4) is 0 Å². The van der Waals surface area contributed by atoms with E-state index in [-0.39, 0.29) is 0 Å². The van der Waals surface area contributed by atoms with Crippen LogP contribution >= 0.6 is 11.6 Å². The molecule has 0 saturated heterocycles. The third kappa shape index (κ3) is 4.37. The number of hydrogen-bond acceptors (Lipinski definition) is 3. The van der Waals surface area contributed by atoms with Crippen LogP contribution in [-0.2, 0) is 17.6 Å². The van der Waals surface area contributed by atoms with Crippen LogP contribution in [0.4, 0.5) is 0 Å². The Kier molecular flexibility index (Phi) is 6.00. The summed E-state index contributed by atoms with van der Waals surface area (Å²) in [7, 11) is 0. The molecule has 4 rings (SSSR count). The number of aryl methyl sites for hydroxylation is 2. The number of amides is 1. The number of hydrogen-bond donors (Lipinski definition) is 4. The van der Waals surface area contributed by atoms with Crippen LogP contribution < -0.4 is 10.8 Å². The van der Waals surface area contributed by atoms with E-state index in [1.54, 1.807) is 11.6 Å². The predicted octanol–water partition coefficient (Wildman–Crippen LogP) is 4.55. The molecule has 0 radical (unpaired) electrons. The smallest absolute Gasteiger partial charge is 0.267 e. The third-order valence-corrected chi connectivity index (χ3v) is 5.86. The van der Waals surface area contributed by atoms with Crippen molar-refractivity contribution in [2.75, 3.05) is 6.54 Å². The Labute approximate surface area is 174 Å². The quantitative estimate of drug-likeness (QED) is 0.200. The molecule has 29 heavy (non-hydrogen) atoms. The maximum absolute atomic E-state index is 11.1. The van der Waals surface area contributed by atoms with Gasteiger partial charge in [-0.1, -0.05) is 41.9 Å². The van der Waals surface area contributed by atoms with Crippen LogP contribution in [0, 0.1) is 0 Å². The zero-order valence-corrected chi connectivity index (χ0v) is 16.8. The molecule has 6 heteroatoms. The lowest BCUT2D eigenvalue weighted by Crippen LogP contribution is -2.20. The van der Waals surface area contributed by atoms with Gasteiger partial charge in [0.2, 0.25) is 0 Å². The van der Waals surface area contributed by atoms with Gasteiger partial charge in [0.1, 0.15) is 0 Å². The number of fused-ring (bicyclic) bond motifs is 2. The van der Waals surface area contributed by atoms with E-state index in [0.29, 0.717) is 6.04 Å². The molecule has 150 valence electrons. The molecule has 1 aliphatic rings. The second kappa shape index (κ2) is 8.82. The van der Waals surface area contributed by atoms with Crippen molar-refractivity contribution in [3.8, 4) is 0 Å². The molecule has 5 nitrogen and oxygen atoms in total. The number of nitrogens with one attached hydrogen (secondary N) is 3. The van der Waals surface area contributed by atoms with Gasteiger partial charge < -0.3 is 10.3 Å². The standard InChI is InChI=1S/C23H24ClN3O2/c24-20-5-1-4-19-17(14-26-23(19)20)3-2-12-25-21-10-8-16-13-15(6-9-18(16)21)7-11-22(28)27-29/h1,4-7,9,11,13-14,21,25-26,29H,2-3,8,10,12H2,(H,27,28). The van der Waals surface area contributed by atoms with E-state index in [1.165, 1.54) is 28.2 Å². The Morgan fingerprint density at radius 3 is 3.07 bits per heavy atom. The molecular weight excluding hydrogens is 386 g/mol. The fraction of sp³-hybridized carbons (Fsp3) is 0.261. The van der Waals surface area contributed by atoms with Crippen molar-refractivity contribution in [2.24, 2.45) is 0 Å². The molecule has 4 N–H and O–H groups in total. The predicted molar refractivity (Wildman–Crippen MR) is 116 cm³/mol. The minimum atomic E-state index is -0.525. The van der Waals surface area contributed by atoms with Crippen molar-refractivity contribution in [3.05, 3.63) is 75.9 Å². The average Bonchev–Trinajstić information content (AvgIpc) is 3.34. The van der Waals surface area contributed by atoms with Gasteiger partial charge in [0.25, 0.3) is 5.91 Å². The highest BCUT2D eigenvalue weighted by Gasteiger charge is 2.21. The minimum Gasteiger partial charge on any atom is -0.360 e. The van der Waals surface area contributed by atoms with E-state index in [1.807, 2.05) is 18.2 Å². The van der Waals surface area contributed by atoms with Crippen LogP contribution in [-0.4, -0.2) is 22.6 Å². The second-order valence-electron chi connectivity index (χ2n) is 7.39. The number of carbonyl (C=O) groups is 1. The van der Waals surface area contributed by atoms with Crippen LogP contribution in [0.5, 0.6) is 0 Å². The number of rotatable bonds is 7. The lowest BCUT2D eigenvalue weighted by molar-refractivity contribution is -0.124. The van der Waals surface area contributed by atoms with Crippen molar-refractivity contribution in [3.63, 3.8) is 0 Å². The average molecular weight is 410 g/mol. The van der Waals surface area contributed by atoms with Gasteiger partial charge in [-0.3, -0.25) is 10.0 Å². The first-order valence-electron chi connectivity index (χ1n) is 9.88. The van der Waals surface area contributed by atoms with Crippen LogP contribution in [0.2, 0.25) is 5.02 Å². The van der Waals surface area contributed by atoms with E-state index in [4.69, 9.17) is 16.8 Å². The number of H-pyrrole nitrogens is 1.